The Morgan fingerprint density at radius 3 is 1.75 bits per heavy atom. The maximum Gasteiger partial charge on any atom is 0.0596 e. The van der Waals surface area contributed by atoms with E-state index in [0.717, 1.165) is 12.8 Å². The van der Waals surface area contributed by atoms with E-state index >= 15 is 0 Å². The minimum Gasteiger partial charge on any atom is -0.393 e. The van der Waals surface area contributed by atoms with Gasteiger partial charge >= 0.3 is 0 Å². The van der Waals surface area contributed by atoms with Crippen LogP contribution in [0.5, 0.6) is 0 Å². The summed E-state index contributed by atoms with van der Waals surface area (Å²) >= 11 is 0. The standard InChI is InChI=1S/C16H33N3O/c1-2-3-4-5-6-7-8-9-10-11-12-13-14-16(20)15-18-19-17/h16,20H,2-15H2,1H3/t16-/m0/s1. The van der Waals surface area contributed by atoms with Crippen LogP contribution in [0.3, 0.4) is 0 Å². The van der Waals surface area contributed by atoms with E-state index < -0.39 is 6.10 Å². The quantitative estimate of drug-likeness (QED) is 0.177. The number of unbranched alkanes of at least 4 members (excludes halogenated alkanes) is 11. The normalized spacial score (nSPS) is 12.1. The first-order valence-corrected chi connectivity index (χ1v) is 8.50. The van der Waals surface area contributed by atoms with E-state index in [1.165, 1.54) is 70.6 Å². The zero-order chi connectivity index (χ0) is 14.9. The Hall–Kier alpha value is -0.730. The van der Waals surface area contributed by atoms with Crippen LogP contribution in [-0.2, 0) is 0 Å². The first-order chi connectivity index (χ1) is 9.81. The van der Waals surface area contributed by atoms with Crippen molar-refractivity contribution in [1.82, 2.24) is 0 Å². The summed E-state index contributed by atoms with van der Waals surface area (Å²) < 4.78 is 0. The van der Waals surface area contributed by atoms with Crippen LogP contribution in [0.15, 0.2) is 5.11 Å². The summed E-state index contributed by atoms with van der Waals surface area (Å²) in [7, 11) is 0. The molecular formula is C16H33N3O. The van der Waals surface area contributed by atoms with E-state index in [2.05, 4.69) is 16.9 Å². The fourth-order valence-corrected chi connectivity index (χ4v) is 2.44. The SMILES string of the molecule is CCCCCCCCCCCCCC[C@H](O)CN=[N+]=[N-]. The van der Waals surface area contributed by atoms with Crippen LogP contribution >= 0.6 is 0 Å². The maximum atomic E-state index is 9.48. The highest BCUT2D eigenvalue weighted by Gasteiger charge is 2.01. The Morgan fingerprint density at radius 1 is 0.850 bits per heavy atom. The lowest BCUT2D eigenvalue weighted by molar-refractivity contribution is 0.168. The van der Waals surface area contributed by atoms with Gasteiger partial charge in [0.1, 0.15) is 0 Å². The molecule has 0 unspecified atom stereocenters. The predicted molar refractivity (Wildman–Crippen MR) is 85.7 cm³/mol. The van der Waals surface area contributed by atoms with E-state index in [-0.39, 0.29) is 6.54 Å². The smallest absolute Gasteiger partial charge is 0.0596 e. The molecule has 1 atom stereocenters. The summed E-state index contributed by atoms with van der Waals surface area (Å²) in [6, 6.07) is 0. The lowest BCUT2D eigenvalue weighted by Gasteiger charge is -2.06. The second-order valence-electron chi connectivity index (χ2n) is 5.75. The third-order valence-corrected chi connectivity index (χ3v) is 3.75. The third-order valence-electron chi connectivity index (χ3n) is 3.75. The Bertz CT molecular complexity index is 240. The van der Waals surface area contributed by atoms with Crippen LogP contribution in [0.2, 0.25) is 0 Å². The summed E-state index contributed by atoms with van der Waals surface area (Å²) in [6.45, 7) is 2.48. The molecular weight excluding hydrogens is 250 g/mol. The lowest BCUT2D eigenvalue weighted by Crippen LogP contribution is -2.09. The number of azide groups is 1. The zero-order valence-electron chi connectivity index (χ0n) is 13.3. The average Bonchev–Trinajstić information content (AvgIpc) is 2.46. The van der Waals surface area contributed by atoms with Gasteiger partial charge in [-0.3, -0.25) is 0 Å². The molecule has 4 nitrogen and oxygen atoms in total. The van der Waals surface area contributed by atoms with E-state index in [1.807, 2.05) is 0 Å². The molecule has 0 fully saturated rings. The molecule has 0 amide bonds. The number of rotatable bonds is 15. The molecule has 1 N–H and O–H groups in total. The van der Waals surface area contributed by atoms with E-state index in [0.29, 0.717) is 0 Å². The van der Waals surface area contributed by atoms with Crippen molar-refractivity contribution in [2.75, 3.05) is 6.54 Å². The van der Waals surface area contributed by atoms with E-state index in [1.54, 1.807) is 0 Å². The fraction of sp³-hybridized carbons (Fsp3) is 1.00. The van der Waals surface area contributed by atoms with Crippen molar-refractivity contribution in [3.05, 3.63) is 10.4 Å². The van der Waals surface area contributed by atoms with Gasteiger partial charge in [0.15, 0.2) is 0 Å². The maximum absolute atomic E-state index is 9.48. The summed E-state index contributed by atoms with van der Waals surface area (Å²) in [5, 5.41) is 12.9. The number of hydrogen-bond acceptors (Lipinski definition) is 2. The van der Waals surface area contributed by atoms with Crippen molar-refractivity contribution >= 4 is 0 Å². The highest BCUT2D eigenvalue weighted by Crippen LogP contribution is 2.13. The van der Waals surface area contributed by atoms with Gasteiger partial charge in [0, 0.05) is 4.91 Å². The largest absolute Gasteiger partial charge is 0.393 e. The molecule has 0 aromatic carbocycles. The van der Waals surface area contributed by atoms with Gasteiger partial charge in [-0.05, 0) is 12.0 Å². The van der Waals surface area contributed by atoms with Crippen LogP contribution in [0.25, 0.3) is 10.4 Å². The number of aliphatic hydroxyl groups excluding tert-OH is 1. The fourth-order valence-electron chi connectivity index (χ4n) is 2.44. The molecule has 0 saturated heterocycles. The molecule has 0 aromatic heterocycles. The van der Waals surface area contributed by atoms with E-state index in [9.17, 15) is 5.11 Å². The van der Waals surface area contributed by atoms with Crippen molar-refractivity contribution in [3.8, 4) is 0 Å². The molecule has 4 heteroatoms. The summed E-state index contributed by atoms with van der Waals surface area (Å²) in [6.07, 6.45) is 16.2. The Morgan fingerprint density at radius 2 is 1.30 bits per heavy atom. The van der Waals surface area contributed by atoms with Gasteiger partial charge in [0.05, 0.1) is 12.6 Å². The molecule has 20 heavy (non-hydrogen) atoms. The van der Waals surface area contributed by atoms with Crippen molar-refractivity contribution < 1.29 is 5.11 Å². The topological polar surface area (TPSA) is 69.0 Å². The van der Waals surface area contributed by atoms with Gasteiger partial charge in [0.2, 0.25) is 0 Å². The van der Waals surface area contributed by atoms with Gasteiger partial charge in [-0.25, -0.2) is 0 Å². The minimum atomic E-state index is -0.450. The molecule has 0 bridgehead atoms. The monoisotopic (exact) mass is 283 g/mol. The van der Waals surface area contributed by atoms with Gasteiger partial charge in [0.25, 0.3) is 0 Å². The van der Waals surface area contributed by atoms with Crippen molar-refractivity contribution in [2.45, 2.75) is 96.5 Å². The van der Waals surface area contributed by atoms with Gasteiger partial charge in [-0.1, -0.05) is 89.1 Å². The molecule has 0 heterocycles. The molecule has 0 aliphatic carbocycles. The summed E-state index contributed by atoms with van der Waals surface area (Å²) in [5.74, 6) is 0. The Labute approximate surface area is 124 Å². The number of nitrogens with zero attached hydrogens (tertiary/aromatic N) is 3. The molecule has 118 valence electrons. The van der Waals surface area contributed by atoms with Crippen molar-refractivity contribution in [2.24, 2.45) is 5.11 Å². The molecule has 0 spiro atoms. The summed E-state index contributed by atoms with van der Waals surface area (Å²) in [5.41, 5.74) is 8.14. The third kappa shape index (κ3) is 15.3. The van der Waals surface area contributed by atoms with Crippen molar-refractivity contribution in [3.63, 3.8) is 0 Å². The Kier molecular flexibility index (Phi) is 15.7. The first-order valence-electron chi connectivity index (χ1n) is 8.50. The van der Waals surface area contributed by atoms with Crippen LogP contribution in [0.1, 0.15) is 90.4 Å². The average molecular weight is 283 g/mol. The Balaban J connectivity index is 3.07. The van der Waals surface area contributed by atoms with E-state index in [4.69, 9.17) is 5.53 Å². The molecule has 0 aromatic rings. The van der Waals surface area contributed by atoms with Gasteiger partial charge in [-0.2, -0.15) is 0 Å². The minimum absolute atomic E-state index is 0.217. The molecule has 0 rings (SSSR count). The van der Waals surface area contributed by atoms with Gasteiger partial charge < -0.3 is 5.11 Å². The number of hydrogen-bond donors (Lipinski definition) is 1. The lowest BCUT2D eigenvalue weighted by atomic mass is 10.0. The predicted octanol–water partition coefficient (Wildman–Crippen LogP) is 5.75. The molecule has 0 aliphatic rings. The molecule has 0 aliphatic heterocycles. The first kappa shape index (κ1) is 19.3. The summed E-state index contributed by atoms with van der Waals surface area (Å²) in [4.78, 5) is 2.65. The van der Waals surface area contributed by atoms with Crippen LogP contribution in [0, 0.1) is 0 Å². The molecule has 0 saturated carbocycles. The van der Waals surface area contributed by atoms with Crippen molar-refractivity contribution in [1.29, 1.82) is 0 Å². The molecule has 0 radical (unpaired) electrons. The van der Waals surface area contributed by atoms with Crippen LogP contribution in [0.4, 0.5) is 0 Å². The zero-order valence-corrected chi connectivity index (χ0v) is 13.3. The second-order valence-corrected chi connectivity index (χ2v) is 5.75. The van der Waals surface area contributed by atoms with Gasteiger partial charge in [-0.15, -0.1) is 0 Å². The highest BCUT2D eigenvalue weighted by atomic mass is 16.3. The number of aliphatic hydroxyl groups is 1. The second kappa shape index (κ2) is 16.3. The highest BCUT2D eigenvalue weighted by molar-refractivity contribution is 4.60. The van der Waals surface area contributed by atoms with Crippen LogP contribution < -0.4 is 0 Å². The van der Waals surface area contributed by atoms with Crippen LogP contribution in [-0.4, -0.2) is 17.8 Å².